The lowest BCUT2D eigenvalue weighted by atomic mass is 10.00. The first-order chi connectivity index (χ1) is 5.79. The van der Waals surface area contributed by atoms with Gasteiger partial charge in [0.25, 0.3) is 0 Å². The van der Waals surface area contributed by atoms with Crippen LogP contribution in [0, 0.1) is 5.92 Å². The van der Waals surface area contributed by atoms with Crippen LogP contribution in [0.4, 0.5) is 0 Å². The third-order valence-corrected chi connectivity index (χ3v) is 2.13. The van der Waals surface area contributed by atoms with E-state index in [1.165, 1.54) is 12.8 Å². The SMILES string of the molecule is NC(=O)CNCC1CCCNC1. The van der Waals surface area contributed by atoms with E-state index >= 15 is 0 Å². The molecule has 1 unspecified atom stereocenters. The van der Waals surface area contributed by atoms with Crippen molar-refractivity contribution in [2.75, 3.05) is 26.2 Å². The molecule has 0 spiro atoms. The average Bonchev–Trinajstić information content (AvgIpc) is 2.05. The molecule has 0 aliphatic carbocycles. The Labute approximate surface area is 72.9 Å². The fraction of sp³-hybridized carbons (Fsp3) is 0.875. The molecule has 0 radical (unpaired) electrons. The summed E-state index contributed by atoms with van der Waals surface area (Å²) in [5, 5.41) is 6.36. The predicted octanol–water partition coefficient (Wildman–Crippen LogP) is -0.939. The van der Waals surface area contributed by atoms with Gasteiger partial charge >= 0.3 is 0 Å². The van der Waals surface area contributed by atoms with Crippen LogP contribution < -0.4 is 16.4 Å². The Morgan fingerprint density at radius 2 is 2.50 bits per heavy atom. The molecule has 12 heavy (non-hydrogen) atoms. The fourth-order valence-corrected chi connectivity index (χ4v) is 1.50. The first-order valence-electron chi connectivity index (χ1n) is 4.49. The quantitative estimate of drug-likeness (QED) is 0.511. The summed E-state index contributed by atoms with van der Waals surface area (Å²) in [7, 11) is 0. The number of piperidine rings is 1. The van der Waals surface area contributed by atoms with Crippen molar-refractivity contribution in [2.24, 2.45) is 11.7 Å². The molecule has 1 atom stereocenters. The van der Waals surface area contributed by atoms with Crippen LogP contribution in [-0.2, 0) is 4.79 Å². The van der Waals surface area contributed by atoms with Gasteiger partial charge in [0.2, 0.25) is 5.91 Å². The zero-order valence-electron chi connectivity index (χ0n) is 7.31. The summed E-state index contributed by atoms with van der Waals surface area (Å²) in [6.07, 6.45) is 2.49. The number of nitrogens with one attached hydrogen (secondary N) is 2. The Balaban J connectivity index is 2.01. The van der Waals surface area contributed by atoms with Gasteiger partial charge in [0, 0.05) is 0 Å². The van der Waals surface area contributed by atoms with Gasteiger partial charge < -0.3 is 16.4 Å². The van der Waals surface area contributed by atoms with Crippen LogP contribution in [0.25, 0.3) is 0 Å². The van der Waals surface area contributed by atoms with E-state index in [-0.39, 0.29) is 5.91 Å². The highest BCUT2D eigenvalue weighted by Gasteiger charge is 2.11. The highest BCUT2D eigenvalue weighted by Crippen LogP contribution is 2.07. The standard InChI is InChI=1S/C8H17N3O/c9-8(12)6-11-5-7-2-1-3-10-4-7/h7,10-11H,1-6H2,(H2,9,12). The Kier molecular flexibility index (Phi) is 4.04. The molecule has 1 amide bonds. The van der Waals surface area contributed by atoms with Crippen LogP contribution in [0.15, 0.2) is 0 Å². The van der Waals surface area contributed by atoms with E-state index in [4.69, 9.17) is 5.73 Å². The number of nitrogens with two attached hydrogens (primary N) is 1. The average molecular weight is 171 g/mol. The molecule has 1 rings (SSSR count). The van der Waals surface area contributed by atoms with E-state index in [0.717, 1.165) is 19.6 Å². The van der Waals surface area contributed by atoms with Crippen molar-refractivity contribution in [1.82, 2.24) is 10.6 Å². The number of hydrogen-bond acceptors (Lipinski definition) is 3. The normalized spacial score (nSPS) is 23.8. The Hall–Kier alpha value is -0.610. The molecule has 1 fully saturated rings. The van der Waals surface area contributed by atoms with Crippen LogP contribution in [0.2, 0.25) is 0 Å². The largest absolute Gasteiger partial charge is 0.369 e. The van der Waals surface area contributed by atoms with Gasteiger partial charge in [0.15, 0.2) is 0 Å². The number of carbonyl (C=O) groups excluding carboxylic acids is 1. The van der Waals surface area contributed by atoms with Crippen molar-refractivity contribution < 1.29 is 4.79 Å². The molecule has 70 valence electrons. The van der Waals surface area contributed by atoms with E-state index in [9.17, 15) is 4.79 Å². The molecule has 1 heterocycles. The van der Waals surface area contributed by atoms with Gasteiger partial charge in [-0.2, -0.15) is 0 Å². The monoisotopic (exact) mass is 171 g/mol. The molecular weight excluding hydrogens is 154 g/mol. The third-order valence-electron chi connectivity index (χ3n) is 2.13. The second-order valence-electron chi connectivity index (χ2n) is 3.31. The molecule has 4 N–H and O–H groups in total. The van der Waals surface area contributed by atoms with Crippen LogP contribution in [-0.4, -0.2) is 32.1 Å². The number of hydrogen-bond donors (Lipinski definition) is 3. The maximum absolute atomic E-state index is 10.4. The molecule has 0 aromatic heterocycles. The van der Waals surface area contributed by atoms with Gasteiger partial charge in [-0.3, -0.25) is 4.79 Å². The van der Waals surface area contributed by atoms with Crippen LogP contribution in [0.1, 0.15) is 12.8 Å². The van der Waals surface area contributed by atoms with Gasteiger partial charge in [-0.05, 0) is 38.4 Å². The molecule has 0 bridgehead atoms. The maximum atomic E-state index is 10.4. The van der Waals surface area contributed by atoms with Crippen LogP contribution in [0.3, 0.4) is 0 Å². The highest BCUT2D eigenvalue weighted by molar-refractivity contribution is 5.75. The van der Waals surface area contributed by atoms with Crippen molar-refractivity contribution in [3.8, 4) is 0 Å². The first kappa shape index (κ1) is 9.48. The Morgan fingerprint density at radius 1 is 1.67 bits per heavy atom. The summed E-state index contributed by atoms with van der Waals surface area (Å²) in [5.41, 5.74) is 4.99. The zero-order chi connectivity index (χ0) is 8.81. The lowest BCUT2D eigenvalue weighted by Crippen LogP contribution is -2.38. The summed E-state index contributed by atoms with van der Waals surface area (Å²) in [5.74, 6) is 0.386. The van der Waals surface area contributed by atoms with Gasteiger partial charge in [0.05, 0.1) is 6.54 Å². The summed E-state index contributed by atoms with van der Waals surface area (Å²) in [4.78, 5) is 10.4. The minimum absolute atomic E-state index is 0.279. The van der Waals surface area contributed by atoms with Crippen molar-refractivity contribution in [2.45, 2.75) is 12.8 Å². The minimum atomic E-state index is -0.279. The van der Waals surface area contributed by atoms with Gasteiger partial charge in [-0.15, -0.1) is 0 Å². The molecule has 1 saturated heterocycles. The van der Waals surface area contributed by atoms with Crippen molar-refractivity contribution in [3.05, 3.63) is 0 Å². The third kappa shape index (κ3) is 3.69. The molecule has 0 aromatic carbocycles. The van der Waals surface area contributed by atoms with E-state index in [1.807, 2.05) is 0 Å². The van der Waals surface area contributed by atoms with Crippen molar-refractivity contribution in [3.63, 3.8) is 0 Å². The number of rotatable bonds is 4. The summed E-state index contributed by atoms with van der Waals surface area (Å²) in [6.45, 7) is 3.39. The second-order valence-corrected chi connectivity index (χ2v) is 3.31. The summed E-state index contributed by atoms with van der Waals surface area (Å²) in [6, 6.07) is 0. The molecule has 4 nitrogen and oxygen atoms in total. The summed E-state index contributed by atoms with van der Waals surface area (Å²) < 4.78 is 0. The predicted molar refractivity (Wildman–Crippen MR) is 47.7 cm³/mol. The van der Waals surface area contributed by atoms with E-state index in [1.54, 1.807) is 0 Å². The maximum Gasteiger partial charge on any atom is 0.231 e. The molecule has 0 aromatic rings. The summed E-state index contributed by atoms with van der Waals surface area (Å²) >= 11 is 0. The van der Waals surface area contributed by atoms with Crippen LogP contribution >= 0.6 is 0 Å². The highest BCUT2D eigenvalue weighted by atomic mass is 16.1. The lowest BCUT2D eigenvalue weighted by molar-refractivity contribution is -0.117. The fourth-order valence-electron chi connectivity index (χ4n) is 1.50. The number of primary amides is 1. The van der Waals surface area contributed by atoms with Gasteiger partial charge in [-0.25, -0.2) is 0 Å². The Morgan fingerprint density at radius 3 is 3.08 bits per heavy atom. The van der Waals surface area contributed by atoms with Crippen molar-refractivity contribution in [1.29, 1.82) is 0 Å². The lowest BCUT2D eigenvalue weighted by Gasteiger charge is -2.22. The zero-order valence-corrected chi connectivity index (χ0v) is 7.31. The number of carbonyl (C=O) groups is 1. The molecule has 1 aliphatic rings. The number of amides is 1. The topological polar surface area (TPSA) is 67.2 Å². The van der Waals surface area contributed by atoms with Crippen molar-refractivity contribution >= 4 is 5.91 Å². The van der Waals surface area contributed by atoms with Gasteiger partial charge in [0.1, 0.15) is 0 Å². The van der Waals surface area contributed by atoms with E-state index in [0.29, 0.717) is 12.5 Å². The molecule has 0 saturated carbocycles. The second kappa shape index (κ2) is 5.11. The van der Waals surface area contributed by atoms with E-state index < -0.39 is 0 Å². The van der Waals surface area contributed by atoms with Crippen LogP contribution in [0.5, 0.6) is 0 Å². The molecular formula is C8H17N3O. The minimum Gasteiger partial charge on any atom is -0.369 e. The smallest absolute Gasteiger partial charge is 0.231 e. The molecule has 4 heteroatoms. The Bertz CT molecular complexity index is 143. The van der Waals surface area contributed by atoms with Gasteiger partial charge in [-0.1, -0.05) is 0 Å². The molecule has 1 aliphatic heterocycles. The first-order valence-corrected chi connectivity index (χ1v) is 4.49. The van der Waals surface area contributed by atoms with E-state index in [2.05, 4.69) is 10.6 Å².